The molecule has 0 bridgehead atoms. The lowest BCUT2D eigenvalue weighted by atomic mass is 10.0. The monoisotopic (exact) mass is 330 g/mol. The number of hydrogen-bond acceptors (Lipinski definition) is 4. The first-order valence-electron chi connectivity index (χ1n) is 8.61. The maximum atomic E-state index is 13.2. The van der Waals surface area contributed by atoms with E-state index >= 15 is 0 Å². The van der Waals surface area contributed by atoms with E-state index in [1.807, 2.05) is 36.9 Å². The number of carbonyl (C=O) groups is 1. The molecule has 2 aromatic rings. The molecular formula is C18H26N4O2. The zero-order chi connectivity index (χ0) is 17.1. The number of furan rings is 1. The summed E-state index contributed by atoms with van der Waals surface area (Å²) < 4.78 is 7.29. The van der Waals surface area contributed by atoms with Gasteiger partial charge in [-0.3, -0.25) is 9.48 Å². The Hall–Kier alpha value is -2.08. The molecule has 6 heteroatoms. The summed E-state index contributed by atoms with van der Waals surface area (Å²) in [4.78, 5) is 17.5. The van der Waals surface area contributed by atoms with Crippen LogP contribution in [0.3, 0.4) is 0 Å². The number of hydrogen-bond donors (Lipinski definition) is 0. The lowest BCUT2D eigenvalue weighted by Crippen LogP contribution is -2.46. The highest BCUT2D eigenvalue weighted by Gasteiger charge is 2.30. The first-order chi connectivity index (χ1) is 11.6. The standard InChI is InChI=1S/C18H26N4O2/c1-14(2)22-17(6-9-19-22)18(23)21(13-16-5-4-12-24-16)15-7-10-20(3)11-8-15/h4-6,9,12,14-15H,7-8,10-11,13H2,1-3H3. The van der Waals surface area contributed by atoms with Gasteiger partial charge in [0.2, 0.25) is 0 Å². The van der Waals surface area contributed by atoms with E-state index in [-0.39, 0.29) is 18.0 Å². The largest absolute Gasteiger partial charge is 0.467 e. The van der Waals surface area contributed by atoms with Crippen molar-refractivity contribution in [1.82, 2.24) is 19.6 Å². The minimum absolute atomic E-state index is 0.0344. The first-order valence-corrected chi connectivity index (χ1v) is 8.61. The molecule has 1 fully saturated rings. The lowest BCUT2D eigenvalue weighted by Gasteiger charge is -2.37. The summed E-state index contributed by atoms with van der Waals surface area (Å²) in [5.74, 6) is 0.852. The van der Waals surface area contributed by atoms with Crippen molar-refractivity contribution >= 4 is 5.91 Å². The molecule has 3 rings (SSSR count). The Balaban J connectivity index is 1.85. The van der Waals surface area contributed by atoms with Gasteiger partial charge in [0.15, 0.2) is 0 Å². The molecule has 6 nitrogen and oxygen atoms in total. The van der Waals surface area contributed by atoms with Crippen molar-refractivity contribution in [2.45, 2.75) is 45.3 Å². The predicted molar refractivity (Wildman–Crippen MR) is 91.7 cm³/mol. The third-order valence-corrected chi connectivity index (χ3v) is 4.67. The second-order valence-electron chi connectivity index (χ2n) is 6.80. The Labute approximate surface area is 143 Å². The highest BCUT2D eigenvalue weighted by molar-refractivity contribution is 5.92. The van der Waals surface area contributed by atoms with Gasteiger partial charge >= 0.3 is 0 Å². The fourth-order valence-corrected chi connectivity index (χ4v) is 3.29. The van der Waals surface area contributed by atoms with Gasteiger partial charge in [-0.2, -0.15) is 5.10 Å². The van der Waals surface area contributed by atoms with Crippen LogP contribution in [-0.4, -0.2) is 51.7 Å². The van der Waals surface area contributed by atoms with E-state index in [1.165, 1.54) is 0 Å². The van der Waals surface area contributed by atoms with E-state index in [0.717, 1.165) is 31.7 Å². The molecule has 0 spiro atoms. The van der Waals surface area contributed by atoms with Crippen molar-refractivity contribution in [2.24, 2.45) is 0 Å². The fraction of sp³-hybridized carbons (Fsp3) is 0.556. The van der Waals surface area contributed by atoms with Crippen molar-refractivity contribution in [3.63, 3.8) is 0 Å². The van der Waals surface area contributed by atoms with Gasteiger partial charge in [0, 0.05) is 18.3 Å². The molecule has 0 aliphatic carbocycles. The van der Waals surface area contributed by atoms with Gasteiger partial charge in [0.1, 0.15) is 11.5 Å². The average molecular weight is 330 g/mol. The lowest BCUT2D eigenvalue weighted by molar-refractivity contribution is 0.0536. The summed E-state index contributed by atoms with van der Waals surface area (Å²) >= 11 is 0. The Kier molecular flexibility index (Phi) is 5.04. The zero-order valence-electron chi connectivity index (χ0n) is 14.7. The topological polar surface area (TPSA) is 54.5 Å². The molecule has 130 valence electrons. The molecule has 1 saturated heterocycles. The molecule has 0 saturated carbocycles. The Morgan fingerprint density at radius 1 is 1.38 bits per heavy atom. The minimum atomic E-state index is 0.0344. The summed E-state index contributed by atoms with van der Waals surface area (Å²) in [5, 5.41) is 4.31. The Morgan fingerprint density at radius 2 is 2.12 bits per heavy atom. The quantitative estimate of drug-likeness (QED) is 0.846. The molecule has 2 aromatic heterocycles. The smallest absolute Gasteiger partial charge is 0.272 e. The number of likely N-dealkylation sites (tertiary alicyclic amines) is 1. The maximum absolute atomic E-state index is 13.2. The molecule has 1 aliphatic rings. The molecule has 0 N–H and O–H groups in total. The van der Waals surface area contributed by atoms with Gasteiger partial charge in [0.05, 0.1) is 12.8 Å². The summed E-state index contributed by atoms with van der Waals surface area (Å²) in [5.41, 5.74) is 0.649. The number of piperidine rings is 1. The van der Waals surface area contributed by atoms with E-state index in [0.29, 0.717) is 12.2 Å². The molecule has 1 aliphatic heterocycles. The summed E-state index contributed by atoms with van der Waals surface area (Å²) in [7, 11) is 2.13. The van der Waals surface area contributed by atoms with Crippen LogP contribution in [-0.2, 0) is 6.54 Å². The molecular weight excluding hydrogens is 304 g/mol. The SMILES string of the molecule is CC(C)n1nccc1C(=O)N(Cc1ccco1)C1CCN(C)CC1. The number of aromatic nitrogens is 2. The molecule has 1 amide bonds. The predicted octanol–water partition coefficient (Wildman–Crippen LogP) is 2.79. The van der Waals surface area contributed by atoms with Crippen LogP contribution in [0.4, 0.5) is 0 Å². The van der Waals surface area contributed by atoms with E-state index in [1.54, 1.807) is 17.1 Å². The fourth-order valence-electron chi connectivity index (χ4n) is 3.29. The van der Waals surface area contributed by atoms with E-state index in [9.17, 15) is 4.79 Å². The second-order valence-corrected chi connectivity index (χ2v) is 6.80. The van der Waals surface area contributed by atoms with Crippen molar-refractivity contribution in [2.75, 3.05) is 20.1 Å². The third-order valence-electron chi connectivity index (χ3n) is 4.67. The normalized spacial score (nSPS) is 16.7. The molecule has 0 atom stereocenters. The van der Waals surface area contributed by atoms with Gasteiger partial charge < -0.3 is 14.2 Å². The van der Waals surface area contributed by atoms with Crippen LogP contribution in [0.5, 0.6) is 0 Å². The van der Waals surface area contributed by atoms with Crippen molar-refractivity contribution in [3.05, 3.63) is 42.1 Å². The van der Waals surface area contributed by atoms with E-state index in [2.05, 4.69) is 17.0 Å². The molecule has 0 aromatic carbocycles. The Bertz CT molecular complexity index is 654. The highest BCUT2D eigenvalue weighted by atomic mass is 16.3. The van der Waals surface area contributed by atoms with Crippen molar-refractivity contribution < 1.29 is 9.21 Å². The van der Waals surface area contributed by atoms with E-state index in [4.69, 9.17) is 4.42 Å². The van der Waals surface area contributed by atoms with Crippen molar-refractivity contribution in [1.29, 1.82) is 0 Å². The van der Waals surface area contributed by atoms with Crippen molar-refractivity contribution in [3.8, 4) is 0 Å². The van der Waals surface area contributed by atoms with Gasteiger partial charge in [0.25, 0.3) is 5.91 Å². The van der Waals surface area contributed by atoms with Crippen LogP contribution >= 0.6 is 0 Å². The summed E-state index contributed by atoms with van der Waals surface area (Å²) in [6.45, 7) is 6.60. The van der Waals surface area contributed by atoms with E-state index < -0.39 is 0 Å². The van der Waals surface area contributed by atoms with Crippen LogP contribution < -0.4 is 0 Å². The first kappa shape index (κ1) is 16.8. The average Bonchev–Trinajstić information content (AvgIpc) is 3.24. The highest BCUT2D eigenvalue weighted by Crippen LogP contribution is 2.22. The summed E-state index contributed by atoms with van der Waals surface area (Å²) in [6, 6.07) is 5.99. The van der Waals surface area contributed by atoms with Crippen LogP contribution in [0.25, 0.3) is 0 Å². The van der Waals surface area contributed by atoms with Gasteiger partial charge in [-0.15, -0.1) is 0 Å². The number of amides is 1. The summed E-state index contributed by atoms with van der Waals surface area (Å²) in [6.07, 6.45) is 5.33. The van der Waals surface area contributed by atoms with Crippen LogP contribution in [0.15, 0.2) is 35.1 Å². The molecule has 0 radical (unpaired) electrons. The number of rotatable bonds is 5. The Morgan fingerprint density at radius 3 is 2.75 bits per heavy atom. The zero-order valence-corrected chi connectivity index (χ0v) is 14.7. The minimum Gasteiger partial charge on any atom is -0.467 e. The van der Waals surface area contributed by atoms with Crippen LogP contribution in [0, 0.1) is 0 Å². The number of carbonyl (C=O) groups excluding carboxylic acids is 1. The van der Waals surface area contributed by atoms with Gasteiger partial charge in [-0.05, 0) is 65.0 Å². The maximum Gasteiger partial charge on any atom is 0.272 e. The molecule has 3 heterocycles. The number of nitrogens with zero attached hydrogens (tertiary/aromatic N) is 4. The molecule has 0 unspecified atom stereocenters. The third kappa shape index (κ3) is 3.53. The van der Waals surface area contributed by atoms with Crippen LogP contribution in [0.2, 0.25) is 0 Å². The second kappa shape index (κ2) is 7.21. The molecule has 24 heavy (non-hydrogen) atoms. The van der Waals surface area contributed by atoms with Gasteiger partial charge in [-0.25, -0.2) is 0 Å². The van der Waals surface area contributed by atoms with Gasteiger partial charge in [-0.1, -0.05) is 0 Å². The van der Waals surface area contributed by atoms with Crippen LogP contribution in [0.1, 0.15) is 49.0 Å².